The number of nitrogens with zero attached hydrogens (tertiary/aromatic N) is 1. The lowest BCUT2D eigenvalue weighted by Crippen LogP contribution is -2.18. The number of anilines is 1. The highest BCUT2D eigenvalue weighted by molar-refractivity contribution is 7.13. The molecule has 0 aromatic carbocycles. The van der Waals surface area contributed by atoms with Crippen molar-refractivity contribution in [2.75, 3.05) is 5.32 Å². The van der Waals surface area contributed by atoms with Crippen molar-refractivity contribution < 1.29 is 0 Å². The van der Waals surface area contributed by atoms with Gasteiger partial charge in [-0.15, -0.1) is 11.3 Å². The maximum Gasteiger partial charge on any atom is 0.182 e. The lowest BCUT2D eigenvalue weighted by molar-refractivity contribution is 0.586. The van der Waals surface area contributed by atoms with Crippen LogP contribution in [0.2, 0.25) is 0 Å². The number of hydrogen-bond acceptors (Lipinski definition) is 3. The molecule has 0 radical (unpaired) electrons. The van der Waals surface area contributed by atoms with Gasteiger partial charge in [0, 0.05) is 17.6 Å². The van der Waals surface area contributed by atoms with Gasteiger partial charge in [-0.3, -0.25) is 0 Å². The first-order valence-corrected chi connectivity index (χ1v) is 5.90. The Morgan fingerprint density at radius 1 is 1.38 bits per heavy atom. The van der Waals surface area contributed by atoms with Crippen LogP contribution in [0.5, 0.6) is 0 Å². The third kappa shape index (κ3) is 3.77. The SMILES string of the molecule is CCCC(CCC)Nc1nccs1. The van der Waals surface area contributed by atoms with Crippen LogP contribution in [0.15, 0.2) is 11.6 Å². The lowest BCUT2D eigenvalue weighted by Gasteiger charge is -2.16. The van der Waals surface area contributed by atoms with Gasteiger partial charge in [0.25, 0.3) is 0 Å². The Morgan fingerprint density at radius 2 is 2.08 bits per heavy atom. The second-order valence-electron chi connectivity index (χ2n) is 3.26. The number of hydrogen-bond donors (Lipinski definition) is 1. The van der Waals surface area contributed by atoms with Gasteiger partial charge in [0.15, 0.2) is 5.13 Å². The van der Waals surface area contributed by atoms with E-state index in [1.807, 2.05) is 11.6 Å². The molecular weight excluding hydrogens is 180 g/mol. The normalized spacial score (nSPS) is 10.7. The minimum atomic E-state index is 0.612. The largest absolute Gasteiger partial charge is 0.359 e. The molecule has 1 heterocycles. The highest BCUT2D eigenvalue weighted by Crippen LogP contribution is 2.16. The van der Waals surface area contributed by atoms with E-state index in [9.17, 15) is 0 Å². The van der Waals surface area contributed by atoms with E-state index in [1.54, 1.807) is 11.3 Å². The van der Waals surface area contributed by atoms with E-state index in [4.69, 9.17) is 0 Å². The molecule has 1 aromatic heterocycles. The fourth-order valence-corrected chi connectivity index (χ4v) is 2.06. The quantitative estimate of drug-likeness (QED) is 0.756. The summed E-state index contributed by atoms with van der Waals surface area (Å²) in [4.78, 5) is 4.23. The molecular formula is C10H18N2S. The van der Waals surface area contributed by atoms with E-state index in [0.717, 1.165) is 5.13 Å². The van der Waals surface area contributed by atoms with Gasteiger partial charge in [0.1, 0.15) is 0 Å². The van der Waals surface area contributed by atoms with E-state index in [0.29, 0.717) is 6.04 Å². The van der Waals surface area contributed by atoms with E-state index >= 15 is 0 Å². The van der Waals surface area contributed by atoms with Gasteiger partial charge < -0.3 is 5.32 Å². The van der Waals surface area contributed by atoms with Crippen LogP contribution in [-0.2, 0) is 0 Å². The van der Waals surface area contributed by atoms with Gasteiger partial charge in [-0.2, -0.15) is 0 Å². The molecule has 0 aliphatic carbocycles. The van der Waals surface area contributed by atoms with Crippen LogP contribution in [0.4, 0.5) is 5.13 Å². The molecule has 0 saturated carbocycles. The van der Waals surface area contributed by atoms with Crippen molar-refractivity contribution in [3.05, 3.63) is 11.6 Å². The molecule has 0 fully saturated rings. The molecule has 1 aromatic rings. The predicted molar refractivity (Wildman–Crippen MR) is 59.3 cm³/mol. The van der Waals surface area contributed by atoms with Gasteiger partial charge in [-0.1, -0.05) is 26.7 Å². The van der Waals surface area contributed by atoms with Gasteiger partial charge >= 0.3 is 0 Å². The topological polar surface area (TPSA) is 24.9 Å². The Labute approximate surface area is 84.4 Å². The summed E-state index contributed by atoms with van der Waals surface area (Å²) in [5.41, 5.74) is 0. The van der Waals surface area contributed by atoms with Crippen LogP contribution in [0, 0.1) is 0 Å². The Morgan fingerprint density at radius 3 is 2.54 bits per heavy atom. The third-order valence-corrected chi connectivity index (χ3v) is 2.74. The average Bonchev–Trinajstić information content (AvgIpc) is 2.58. The maximum absolute atomic E-state index is 4.23. The molecule has 13 heavy (non-hydrogen) atoms. The molecule has 3 heteroatoms. The van der Waals surface area contributed by atoms with Crippen molar-refractivity contribution in [1.29, 1.82) is 0 Å². The fraction of sp³-hybridized carbons (Fsp3) is 0.700. The highest BCUT2D eigenvalue weighted by Gasteiger charge is 2.06. The minimum absolute atomic E-state index is 0.612. The Hall–Kier alpha value is -0.570. The molecule has 2 nitrogen and oxygen atoms in total. The van der Waals surface area contributed by atoms with E-state index in [-0.39, 0.29) is 0 Å². The zero-order valence-electron chi connectivity index (χ0n) is 8.42. The van der Waals surface area contributed by atoms with Crippen molar-refractivity contribution in [1.82, 2.24) is 4.98 Å². The molecule has 74 valence electrons. The summed E-state index contributed by atoms with van der Waals surface area (Å²) in [6.45, 7) is 4.46. The molecule has 0 spiro atoms. The molecule has 0 bridgehead atoms. The van der Waals surface area contributed by atoms with Crippen LogP contribution >= 0.6 is 11.3 Å². The molecule has 0 amide bonds. The van der Waals surface area contributed by atoms with E-state index in [2.05, 4.69) is 24.1 Å². The number of aromatic nitrogens is 1. The molecule has 0 unspecified atom stereocenters. The molecule has 0 aliphatic heterocycles. The smallest absolute Gasteiger partial charge is 0.182 e. The van der Waals surface area contributed by atoms with Crippen molar-refractivity contribution in [3.63, 3.8) is 0 Å². The summed E-state index contributed by atoms with van der Waals surface area (Å²) in [5.74, 6) is 0. The van der Waals surface area contributed by atoms with Crippen LogP contribution < -0.4 is 5.32 Å². The number of rotatable bonds is 6. The minimum Gasteiger partial charge on any atom is -0.359 e. The zero-order valence-corrected chi connectivity index (χ0v) is 9.23. The van der Waals surface area contributed by atoms with Crippen LogP contribution in [0.3, 0.4) is 0 Å². The predicted octanol–water partition coefficient (Wildman–Crippen LogP) is 3.52. The van der Waals surface area contributed by atoms with Crippen molar-refractivity contribution >= 4 is 16.5 Å². The van der Waals surface area contributed by atoms with Crippen molar-refractivity contribution in [2.45, 2.75) is 45.6 Å². The average molecular weight is 198 g/mol. The first kappa shape index (κ1) is 10.5. The number of nitrogens with one attached hydrogen (secondary N) is 1. The monoisotopic (exact) mass is 198 g/mol. The summed E-state index contributed by atoms with van der Waals surface area (Å²) in [6.07, 6.45) is 6.81. The van der Waals surface area contributed by atoms with Crippen LogP contribution in [0.25, 0.3) is 0 Å². The second-order valence-corrected chi connectivity index (χ2v) is 4.15. The number of thiazole rings is 1. The standard InChI is InChI=1S/C10H18N2S/c1-3-5-9(6-4-2)12-10-11-7-8-13-10/h7-9H,3-6H2,1-2H3,(H,11,12). The summed E-state index contributed by atoms with van der Waals surface area (Å²) in [6, 6.07) is 0.612. The van der Waals surface area contributed by atoms with Gasteiger partial charge in [0.2, 0.25) is 0 Å². The lowest BCUT2D eigenvalue weighted by atomic mass is 10.1. The Balaban J connectivity index is 2.37. The second kappa shape index (κ2) is 5.97. The van der Waals surface area contributed by atoms with Gasteiger partial charge in [0.05, 0.1) is 0 Å². The van der Waals surface area contributed by atoms with Crippen LogP contribution in [-0.4, -0.2) is 11.0 Å². The van der Waals surface area contributed by atoms with Gasteiger partial charge in [-0.25, -0.2) is 4.98 Å². The molecule has 1 rings (SSSR count). The first-order chi connectivity index (χ1) is 6.36. The van der Waals surface area contributed by atoms with Crippen molar-refractivity contribution in [2.24, 2.45) is 0 Å². The van der Waals surface area contributed by atoms with E-state index in [1.165, 1.54) is 25.7 Å². The summed E-state index contributed by atoms with van der Waals surface area (Å²) in [5, 5.41) is 6.54. The van der Waals surface area contributed by atoms with Crippen LogP contribution in [0.1, 0.15) is 39.5 Å². The molecule has 0 saturated heterocycles. The Bertz CT molecular complexity index is 203. The Kier molecular flexibility index (Phi) is 4.83. The van der Waals surface area contributed by atoms with Crippen molar-refractivity contribution in [3.8, 4) is 0 Å². The summed E-state index contributed by atoms with van der Waals surface area (Å²) >= 11 is 1.68. The molecule has 0 atom stereocenters. The van der Waals surface area contributed by atoms with Gasteiger partial charge in [-0.05, 0) is 12.8 Å². The van der Waals surface area contributed by atoms with E-state index < -0.39 is 0 Å². The molecule has 1 N–H and O–H groups in total. The maximum atomic E-state index is 4.23. The fourth-order valence-electron chi connectivity index (χ4n) is 1.45. The zero-order chi connectivity index (χ0) is 9.52. The molecule has 0 aliphatic rings. The highest BCUT2D eigenvalue weighted by atomic mass is 32.1. The third-order valence-electron chi connectivity index (χ3n) is 2.03. The first-order valence-electron chi connectivity index (χ1n) is 5.02. The summed E-state index contributed by atoms with van der Waals surface area (Å²) in [7, 11) is 0. The summed E-state index contributed by atoms with van der Waals surface area (Å²) < 4.78 is 0.